The molecule has 1 aliphatic rings. The Morgan fingerprint density at radius 2 is 2.19 bits per heavy atom. The summed E-state index contributed by atoms with van der Waals surface area (Å²) in [5.41, 5.74) is 0.892. The largest absolute Gasteiger partial charge is 0.444 e. The second kappa shape index (κ2) is 6.43. The zero-order valence-electron chi connectivity index (χ0n) is 12.8. The van der Waals surface area contributed by atoms with E-state index >= 15 is 0 Å². The van der Waals surface area contributed by atoms with Crippen molar-refractivity contribution in [1.82, 2.24) is 5.32 Å². The number of nitrogens with one attached hydrogen (secondary N) is 2. The average molecular weight is 294 g/mol. The maximum Gasteiger partial charge on any atom is 0.412 e. The molecule has 1 amide bonds. The standard InChI is InChI=1S/C16H23FN2O2/c1-16(2,3)21-15(20)19-14-7-6-12(17)9-13(14)11-5-4-8-18-10-11/h6-7,9,11,18H,4-5,8,10H2,1-3H3,(H,19,20). The number of hydrogen-bond acceptors (Lipinski definition) is 3. The van der Waals surface area contributed by atoms with E-state index in [1.807, 2.05) is 20.8 Å². The van der Waals surface area contributed by atoms with Gasteiger partial charge in [-0.2, -0.15) is 0 Å². The van der Waals surface area contributed by atoms with Crippen LogP contribution in [0.1, 0.15) is 45.1 Å². The van der Waals surface area contributed by atoms with Crippen LogP contribution < -0.4 is 10.6 Å². The van der Waals surface area contributed by atoms with Gasteiger partial charge in [0, 0.05) is 12.2 Å². The van der Waals surface area contributed by atoms with Crippen LogP contribution in [0.2, 0.25) is 0 Å². The van der Waals surface area contributed by atoms with Crippen molar-refractivity contribution in [3.63, 3.8) is 0 Å². The monoisotopic (exact) mass is 294 g/mol. The van der Waals surface area contributed by atoms with Crippen LogP contribution >= 0.6 is 0 Å². The van der Waals surface area contributed by atoms with E-state index in [9.17, 15) is 9.18 Å². The maximum atomic E-state index is 13.5. The first-order chi connectivity index (χ1) is 9.85. The molecule has 0 bridgehead atoms. The van der Waals surface area contributed by atoms with Crippen LogP contribution in [0.4, 0.5) is 14.9 Å². The summed E-state index contributed by atoms with van der Waals surface area (Å²) in [6.45, 7) is 7.21. The topological polar surface area (TPSA) is 50.4 Å². The van der Waals surface area contributed by atoms with Crippen LogP contribution in [-0.2, 0) is 4.74 Å². The van der Waals surface area contributed by atoms with E-state index < -0.39 is 11.7 Å². The summed E-state index contributed by atoms with van der Waals surface area (Å²) in [5, 5.41) is 6.04. The van der Waals surface area contributed by atoms with Gasteiger partial charge >= 0.3 is 6.09 Å². The molecule has 0 aromatic heterocycles. The lowest BCUT2D eigenvalue weighted by Crippen LogP contribution is -2.30. The smallest absolute Gasteiger partial charge is 0.412 e. The molecule has 1 fully saturated rings. The van der Waals surface area contributed by atoms with E-state index in [1.54, 1.807) is 6.07 Å². The molecule has 1 heterocycles. The second-order valence-corrected chi connectivity index (χ2v) is 6.40. The molecule has 1 aliphatic heterocycles. The van der Waals surface area contributed by atoms with Crippen LogP contribution in [0.3, 0.4) is 0 Å². The summed E-state index contributed by atoms with van der Waals surface area (Å²) in [6.07, 6.45) is 1.52. The Hall–Kier alpha value is -1.62. The van der Waals surface area contributed by atoms with Gasteiger partial charge in [0.25, 0.3) is 0 Å². The summed E-state index contributed by atoms with van der Waals surface area (Å²) < 4.78 is 18.8. The molecule has 1 saturated heterocycles. The Kier molecular flexibility index (Phi) is 4.83. The second-order valence-electron chi connectivity index (χ2n) is 6.40. The maximum absolute atomic E-state index is 13.5. The number of piperidine rings is 1. The van der Waals surface area contributed by atoms with Gasteiger partial charge in [0.15, 0.2) is 0 Å². The molecule has 21 heavy (non-hydrogen) atoms. The molecule has 5 heteroatoms. The predicted octanol–water partition coefficient (Wildman–Crippen LogP) is 3.64. The number of ether oxygens (including phenoxy) is 1. The third kappa shape index (κ3) is 4.70. The van der Waals surface area contributed by atoms with Gasteiger partial charge in [-0.15, -0.1) is 0 Å². The quantitative estimate of drug-likeness (QED) is 0.875. The van der Waals surface area contributed by atoms with Crippen molar-refractivity contribution >= 4 is 11.8 Å². The van der Waals surface area contributed by atoms with Gasteiger partial charge in [0.05, 0.1) is 0 Å². The average Bonchev–Trinajstić information content (AvgIpc) is 2.40. The fraction of sp³-hybridized carbons (Fsp3) is 0.562. The van der Waals surface area contributed by atoms with Gasteiger partial charge in [-0.3, -0.25) is 5.32 Å². The van der Waals surface area contributed by atoms with Crippen molar-refractivity contribution in [2.45, 2.75) is 45.1 Å². The SMILES string of the molecule is CC(C)(C)OC(=O)Nc1ccc(F)cc1C1CCCNC1. The van der Waals surface area contributed by atoms with E-state index in [-0.39, 0.29) is 11.7 Å². The lowest BCUT2D eigenvalue weighted by Gasteiger charge is -2.26. The molecule has 1 atom stereocenters. The molecule has 0 spiro atoms. The van der Waals surface area contributed by atoms with Crippen LogP contribution in [-0.4, -0.2) is 24.8 Å². The number of carbonyl (C=O) groups is 1. The van der Waals surface area contributed by atoms with Crippen molar-refractivity contribution in [2.24, 2.45) is 0 Å². The summed E-state index contributed by atoms with van der Waals surface area (Å²) in [6, 6.07) is 4.46. The third-order valence-electron chi connectivity index (χ3n) is 3.39. The molecule has 0 radical (unpaired) electrons. The van der Waals surface area contributed by atoms with Gasteiger partial charge < -0.3 is 10.1 Å². The summed E-state index contributed by atoms with van der Waals surface area (Å²) in [5.74, 6) is -0.0790. The molecule has 1 unspecified atom stereocenters. The highest BCUT2D eigenvalue weighted by molar-refractivity contribution is 5.86. The summed E-state index contributed by atoms with van der Waals surface area (Å²) >= 11 is 0. The minimum Gasteiger partial charge on any atom is -0.444 e. The lowest BCUT2D eigenvalue weighted by molar-refractivity contribution is 0.0635. The Labute approximate surface area is 125 Å². The highest BCUT2D eigenvalue weighted by Crippen LogP contribution is 2.30. The Bertz CT molecular complexity index is 505. The third-order valence-corrected chi connectivity index (χ3v) is 3.39. The normalized spacial score (nSPS) is 19.1. The Balaban J connectivity index is 2.16. The Morgan fingerprint density at radius 1 is 1.43 bits per heavy atom. The number of amides is 1. The number of rotatable bonds is 2. The van der Waals surface area contributed by atoms with Crippen LogP contribution in [0.5, 0.6) is 0 Å². The zero-order chi connectivity index (χ0) is 15.5. The molecule has 2 N–H and O–H groups in total. The van der Waals surface area contributed by atoms with E-state index in [1.165, 1.54) is 12.1 Å². The highest BCUT2D eigenvalue weighted by atomic mass is 19.1. The molecule has 0 saturated carbocycles. The first-order valence-corrected chi connectivity index (χ1v) is 7.35. The molecule has 4 nitrogen and oxygen atoms in total. The Morgan fingerprint density at radius 3 is 2.81 bits per heavy atom. The number of anilines is 1. The minimum atomic E-state index is -0.559. The molecule has 116 valence electrons. The van der Waals surface area contributed by atoms with Crippen molar-refractivity contribution in [2.75, 3.05) is 18.4 Å². The molecule has 0 aliphatic carbocycles. The summed E-state index contributed by atoms with van der Waals surface area (Å²) in [4.78, 5) is 11.9. The predicted molar refractivity (Wildman–Crippen MR) is 81.1 cm³/mol. The van der Waals surface area contributed by atoms with E-state index in [0.717, 1.165) is 31.5 Å². The fourth-order valence-corrected chi connectivity index (χ4v) is 2.52. The first kappa shape index (κ1) is 15.8. The molecular weight excluding hydrogens is 271 g/mol. The van der Waals surface area contributed by atoms with E-state index in [4.69, 9.17) is 4.74 Å². The van der Waals surface area contributed by atoms with E-state index in [0.29, 0.717) is 5.69 Å². The lowest BCUT2D eigenvalue weighted by atomic mass is 9.90. The van der Waals surface area contributed by atoms with Crippen LogP contribution in [0, 0.1) is 5.82 Å². The van der Waals surface area contributed by atoms with Gasteiger partial charge in [-0.25, -0.2) is 9.18 Å². The van der Waals surface area contributed by atoms with Crippen LogP contribution in [0.15, 0.2) is 18.2 Å². The van der Waals surface area contributed by atoms with Gasteiger partial charge in [-0.05, 0) is 69.8 Å². The molecule has 2 rings (SSSR count). The number of benzene rings is 1. The number of halogens is 1. The van der Waals surface area contributed by atoms with Gasteiger partial charge in [-0.1, -0.05) is 0 Å². The van der Waals surface area contributed by atoms with Crippen molar-refractivity contribution in [3.05, 3.63) is 29.6 Å². The van der Waals surface area contributed by atoms with Crippen molar-refractivity contribution < 1.29 is 13.9 Å². The van der Waals surface area contributed by atoms with Crippen LogP contribution in [0.25, 0.3) is 0 Å². The molecule has 1 aromatic rings. The summed E-state index contributed by atoms with van der Waals surface area (Å²) in [7, 11) is 0. The molecular formula is C16H23FN2O2. The highest BCUT2D eigenvalue weighted by Gasteiger charge is 2.22. The number of hydrogen-bond donors (Lipinski definition) is 2. The van der Waals surface area contributed by atoms with Crippen molar-refractivity contribution in [3.8, 4) is 0 Å². The minimum absolute atomic E-state index is 0.208. The van der Waals surface area contributed by atoms with Gasteiger partial charge in [0.2, 0.25) is 0 Å². The fourth-order valence-electron chi connectivity index (χ4n) is 2.52. The number of carbonyl (C=O) groups excluding carboxylic acids is 1. The first-order valence-electron chi connectivity index (χ1n) is 7.35. The van der Waals surface area contributed by atoms with Gasteiger partial charge in [0.1, 0.15) is 11.4 Å². The van der Waals surface area contributed by atoms with E-state index in [2.05, 4.69) is 10.6 Å². The van der Waals surface area contributed by atoms with Crippen molar-refractivity contribution in [1.29, 1.82) is 0 Å². The zero-order valence-corrected chi connectivity index (χ0v) is 12.8. The molecule has 1 aromatic carbocycles.